The fraction of sp³-hybridized carbons (Fsp3) is 0.579. The van der Waals surface area contributed by atoms with Crippen molar-refractivity contribution in [2.75, 3.05) is 32.0 Å². The number of anilines is 1. The van der Waals surface area contributed by atoms with Gasteiger partial charge in [-0.2, -0.15) is 0 Å². The van der Waals surface area contributed by atoms with Crippen molar-refractivity contribution in [3.05, 3.63) is 24.3 Å². The molecule has 1 aromatic carbocycles. The molecule has 0 bridgehead atoms. The molecular weight excluding hydrogens is 332 g/mol. The Kier molecular flexibility index (Phi) is 6.33. The van der Waals surface area contributed by atoms with E-state index in [0.29, 0.717) is 18.0 Å². The van der Waals surface area contributed by atoms with Crippen molar-refractivity contribution in [2.45, 2.75) is 44.8 Å². The Bertz CT molecular complexity index is 641. The second-order valence-corrected chi connectivity index (χ2v) is 6.89. The highest BCUT2D eigenvalue weighted by atomic mass is 16.6. The quantitative estimate of drug-likeness (QED) is 0.818. The second-order valence-electron chi connectivity index (χ2n) is 6.89. The van der Waals surface area contributed by atoms with Gasteiger partial charge in [0.05, 0.1) is 17.9 Å². The Hall–Kier alpha value is -2.28. The number of urea groups is 1. The van der Waals surface area contributed by atoms with Crippen LogP contribution >= 0.6 is 0 Å². The number of hydrogen-bond acceptors (Lipinski definition) is 5. The molecule has 2 heterocycles. The minimum Gasteiger partial charge on any atom is -0.488 e. The molecule has 2 aliphatic rings. The van der Waals surface area contributed by atoms with E-state index in [1.165, 1.54) is 0 Å². The number of oxime groups is 1. The zero-order valence-corrected chi connectivity index (χ0v) is 15.5. The summed E-state index contributed by atoms with van der Waals surface area (Å²) < 4.78 is 6.13. The molecular formula is C19H28N4O3. The van der Waals surface area contributed by atoms with Gasteiger partial charge in [0.25, 0.3) is 0 Å². The van der Waals surface area contributed by atoms with E-state index >= 15 is 0 Å². The van der Waals surface area contributed by atoms with Gasteiger partial charge in [-0.1, -0.05) is 24.2 Å². The average molecular weight is 360 g/mol. The number of benzene rings is 1. The number of nitrogens with one attached hydrogen (secondary N) is 2. The first kappa shape index (κ1) is 18.5. The van der Waals surface area contributed by atoms with E-state index < -0.39 is 0 Å². The van der Waals surface area contributed by atoms with Gasteiger partial charge in [-0.15, -0.1) is 0 Å². The minimum atomic E-state index is -0.266. The van der Waals surface area contributed by atoms with Crippen LogP contribution in [0.2, 0.25) is 0 Å². The maximum Gasteiger partial charge on any atom is 0.319 e. The summed E-state index contributed by atoms with van der Waals surface area (Å²) in [4.78, 5) is 19.8. The first-order valence-electron chi connectivity index (χ1n) is 9.34. The Morgan fingerprint density at radius 2 is 2.12 bits per heavy atom. The molecule has 142 valence electrons. The van der Waals surface area contributed by atoms with Crippen molar-refractivity contribution in [1.82, 2.24) is 10.2 Å². The predicted octanol–water partition coefficient (Wildman–Crippen LogP) is 2.84. The molecule has 1 atom stereocenters. The summed E-state index contributed by atoms with van der Waals surface area (Å²) in [5, 5.41) is 9.73. The molecule has 0 saturated carbocycles. The van der Waals surface area contributed by atoms with Gasteiger partial charge in [0.1, 0.15) is 18.0 Å². The average Bonchev–Trinajstić information content (AvgIpc) is 3.12. The van der Waals surface area contributed by atoms with Gasteiger partial charge in [-0.3, -0.25) is 0 Å². The zero-order chi connectivity index (χ0) is 18.4. The number of rotatable bonds is 6. The van der Waals surface area contributed by atoms with Crippen molar-refractivity contribution in [1.29, 1.82) is 0 Å². The van der Waals surface area contributed by atoms with Gasteiger partial charge < -0.3 is 25.1 Å². The van der Waals surface area contributed by atoms with Crippen LogP contribution in [0.15, 0.2) is 29.4 Å². The van der Waals surface area contributed by atoms with Crippen molar-refractivity contribution in [3.8, 4) is 5.75 Å². The van der Waals surface area contributed by atoms with E-state index in [1.807, 2.05) is 31.2 Å². The van der Waals surface area contributed by atoms with Crippen molar-refractivity contribution in [3.63, 3.8) is 0 Å². The van der Waals surface area contributed by atoms with Crippen molar-refractivity contribution in [2.24, 2.45) is 5.16 Å². The summed E-state index contributed by atoms with van der Waals surface area (Å²) in [6.07, 6.45) is 3.75. The van der Waals surface area contributed by atoms with Gasteiger partial charge in [-0.25, -0.2) is 4.79 Å². The van der Waals surface area contributed by atoms with Crippen LogP contribution in [0.3, 0.4) is 0 Å². The summed E-state index contributed by atoms with van der Waals surface area (Å²) >= 11 is 0. The molecule has 2 N–H and O–H groups in total. The van der Waals surface area contributed by atoms with Crippen LogP contribution in [0.5, 0.6) is 5.75 Å². The van der Waals surface area contributed by atoms with Crippen LogP contribution < -0.4 is 15.4 Å². The molecule has 7 heteroatoms. The summed E-state index contributed by atoms with van der Waals surface area (Å²) in [6.45, 7) is 4.54. The first-order chi connectivity index (χ1) is 12.6. The van der Waals surface area contributed by atoms with Crippen molar-refractivity contribution < 1.29 is 14.4 Å². The lowest BCUT2D eigenvalue weighted by Crippen LogP contribution is -2.36. The number of ether oxygens (including phenoxy) is 1. The maximum absolute atomic E-state index is 12.2. The lowest BCUT2D eigenvalue weighted by Gasteiger charge is -2.29. The fourth-order valence-corrected chi connectivity index (χ4v) is 3.13. The SMILES string of the molecule is CCC1=NOC(CNC(=O)Nc2ccccc2OC2CCN(C)CC2)C1. The highest BCUT2D eigenvalue weighted by molar-refractivity contribution is 5.91. The van der Waals surface area contributed by atoms with E-state index in [4.69, 9.17) is 9.57 Å². The molecule has 1 aromatic rings. The Labute approximate surface area is 154 Å². The number of nitrogens with zero attached hydrogens (tertiary/aromatic N) is 2. The number of hydrogen-bond donors (Lipinski definition) is 2. The molecule has 1 fully saturated rings. The lowest BCUT2D eigenvalue weighted by molar-refractivity contribution is 0.0869. The normalized spacial score (nSPS) is 21.0. The van der Waals surface area contributed by atoms with Crippen LogP contribution in [0.4, 0.5) is 10.5 Å². The summed E-state index contributed by atoms with van der Waals surface area (Å²) in [7, 11) is 2.12. The van der Waals surface area contributed by atoms with E-state index in [1.54, 1.807) is 0 Å². The zero-order valence-electron chi connectivity index (χ0n) is 15.5. The predicted molar refractivity (Wildman–Crippen MR) is 102 cm³/mol. The monoisotopic (exact) mass is 360 g/mol. The van der Waals surface area contributed by atoms with Crippen molar-refractivity contribution >= 4 is 17.4 Å². The number of carbonyl (C=O) groups is 1. The number of piperidine rings is 1. The Morgan fingerprint density at radius 3 is 2.85 bits per heavy atom. The second kappa shape index (κ2) is 8.89. The van der Waals surface area contributed by atoms with E-state index in [2.05, 4.69) is 27.7 Å². The van der Waals surface area contributed by atoms with Gasteiger partial charge in [-0.05, 0) is 38.4 Å². The molecule has 0 spiro atoms. The highest BCUT2D eigenvalue weighted by Crippen LogP contribution is 2.27. The van der Waals surface area contributed by atoms with Gasteiger partial charge in [0.2, 0.25) is 0 Å². The van der Waals surface area contributed by atoms with Crippen LogP contribution in [-0.4, -0.2) is 55.5 Å². The number of amides is 2. The summed E-state index contributed by atoms with van der Waals surface area (Å²) in [5.74, 6) is 0.714. The molecule has 7 nitrogen and oxygen atoms in total. The molecule has 2 aliphatic heterocycles. The molecule has 1 unspecified atom stereocenters. The smallest absolute Gasteiger partial charge is 0.319 e. The van der Waals surface area contributed by atoms with Gasteiger partial charge in [0, 0.05) is 19.5 Å². The summed E-state index contributed by atoms with van der Waals surface area (Å²) in [6, 6.07) is 7.30. The fourth-order valence-electron chi connectivity index (χ4n) is 3.13. The van der Waals surface area contributed by atoms with E-state index in [-0.39, 0.29) is 18.2 Å². The van der Waals surface area contributed by atoms with Crippen LogP contribution in [0, 0.1) is 0 Å². The van der Waals surface area contributed by atoms with E-state index in [0.717, 1.165) is 44.5 Å². The molecule has 0 aromatic heterocycles. The molecule has 1 saturated heterocycles. The molecule has 2 amide bonds. The van der Waals surface area contributed by atoms with Crippen LogP contribution in [-0.2, 0) is 4.84 Å². The third-order valence-corrected chi connectivity index (χ3v) is 4.79. The van der Waals surface area contributed by atoms with Crippen LogP contribution in [0.1, 0.15) is 32.6 Å². The third kappa shape index (κ3) is 5.11. The molecule has 0 aliphatic carbocycles. The van der Waals surface area contributed by atoms with E-state index in [9.17, 15) is 4.79 Å². The molecule has 26 heavy (non-hydrogen) atoms. The topological polar surface area (TPSA) is 75.2 Å². The standard InChI is InChI=1S/C19H28N4O3/c1-3-14-12-16(26-22-14)13-20-19(24)21-17-6-4-5-7-18(17)25-15-8-10-23(2)11-9-15/h4-7,15-16H,3,8-13H2,1-2H3,(H2,20,21,24). The number of likely N-dealkylation sites (tertiary alicyclic amines) is 1. The van der Waals surface area contributed by atoms with Crippen LogP contribution in [0.25, 0.3) is 0 Å². The Balaban J connectivity index is 1.49. The summed E-state index contributed by atoms with van der Waals surface area (Å²) in [5.41, 5.74) is 1.72. The molecule has 0 radical (unpaired) electrons. The van der Waals surface area contributed by atoms with Gasteiger partial charge in [0.15, 0.2) is 0 Å². The molecule has 3 rings (SSSR count). The largest absolute Gasteiger partial charge is 0.488 e. The lowest BCUT2D eigenvalue weighted by atomic mass is 10.1. The Morgan fingerprint density at radius 1 is 1.35 bits per heavy atom. The number of para-hydroxylation sites is 2. The van der Waals surface area contributed by atoms with Gasteiger partial charge >= 0.3 is 6.03 Å². The maximum atomic E-state index is 12.2. The minimum absolute atomic E-state index is 0.0820. The third-order valence-electron chi connectivity index (χ3n) is 4.79. The highest BCUT2D eigenvalue weighted by Gasteiger charge is 2.21. The first-order valence-corrected chi connectivity index (χ1v) is 9.34. The number of carbonyl (C=O) groups excluding carboxylic acids is 1.